The third-order valence-corrected chi connectivity index (χ3v) is 6.10. The molecule has 2 N–H and O–H groups in total. The van der Waals surface area contributed by atoms with E-state index in [0.717, 1.165) is 25.9 Å². The van der Waals surface area contributed by atoms with Crippen molar-refractivity contribution < 1.29 is 13.2 Å². The first-order valence-electron chi connectivity index (χ1n) is 7.68. The first-order valence-corrected chi connectivity index (χ1v) is 9.29. The van der Waals surface area contributed by atoms with Gasteiger partial charge in [0, 0.05) is 18.2 Å². The zero-order valence-corrected chi connectivity index (χ0v) is 13.2. The first-order chi connectivity index (χ1) is 10.6. The van der Waals surface area contributed by atoms with E-state index in [0.29, 0.717) is 24.3 Å². The molecule has 2 heterocycles. The number of anilines is 2. The van der Waals surface area contributed by atoms with E-state index >= 15 is 0 Å². The summed E-state index contributed by atoms with van der Waals surface area (Å²) in [5, 5.41) is 6.15. The first kappa shape index (κ1) is 15.3. The molecule has 0 saturated carbocycles. The minimum atomic E-state index is -3.15. The maximum Gasteiger partial charge on any atom is 0.235 e. The van der Waals surface area contributed by atoms with Gasteiger partial charge < -0.3 is 10.6 Å². The molecule has 0 aromatic heterocycles. The van der Waals surface area contributed by atoms with E-state index in [1.54, 1.807) is 24.3 Å². The highest BCUT2D eigenvalue weighted by molar-refractivity contribution is 7.93. The van der Waals surface area contributed by atoms with Crippen LogP contribution in [0.25, 0.3) is 0 Å². The molecule has 2 fully saturated rings. The van der Waals surface area contributed by atoms with Crippen LogP contribution in [0.15, 0.2) is 24.3 Å². The van der Waals surface area contributed by atoms with Crippen LogP contribution in [-0.2, 0) is 14.8 Å². The van der Waals surface area contributed by atoms with Gasteiger partial charge in [-0.25, -0.2) is 8.42 Å². The average Bonchev–Trinajstić information content (AvgIpc) is 2.88. The maximum absolute atomic E-state index is 12.2. The summed E-state index contributed by atoms with van der Waals surface area (Å²) in [6.45, 7) is 2.29. The highest BCUT2D eigenvalue weighted by atomic mass is 32.2. The lowest BCUT2D eigenvalue weighted by molar-refractivity contribution is -0.120. The summed E-state index contributed by atoms with van der Waals surface area (Å²) >= 11 is 0. The second kappa shape index (κ2) is 6.26. The van der Waals surface area contributed by atoms with Crippen molar-refractivity contribution in [3.8, 4) is 0 Å². The molecule has 0 aliphatic carbocycles. The van der Waals surface area contributed by atoms with Gasteiger partial charge >= 0.3 is 0 Å². The van der Waals surface area contributed by atoms with Crippen LogP contribution in [-0.4, -0.2) is 39.7 Å². The van der Waals surface area contributed by atoms with E-state index < -0.39 is 10.0 Å². The highest BCUT2D eigenvalue weighted by Gasteiger charge is 2.28. The molecule has 1 aromatic rings. The molecule has 0 atom stereocenters. The number of hydrogen-bond donors (Lipinski definition) is 2. The van der Waals surface area contributed by atoms with Crippen LogP contribution in [0.2, 0.25) is 0 Å². The standard InChI is InChI=1S/C15H21N3O3S/c19-15(12-6-8-16-9-7-12)17-13-2-4-14(5-3-13)18-10-1-11-22(18,20)21/h2-5,12,16H,1,6-11H2,(H,17,19). The lowest BCUT2D eigenvalue weighted by atomic mass is 9.97. The van der Waals surface area contributed by atoms with E-state index in [1.807, 2.05) is 0 Å². The van der Waals surface area contributed by atoms with Crippen LogP contribution in [0.4, 0.5) is 11.4 Å². The predicted octanol–water partition coefficient (Wildman–Crippen LogP) is 1.16. The van der Waals surface area contributed by atoms with Gasteiger partial charge in [0.2, 0.25) is 15.9 Å². The normalized spacial score (nSPS) is 21.7. The van der Waals surface area contributed by atoms with Crippen LogP contribution >= 0.6 is 0 Å². The van der Waals surface area contributed by atoms with Gasteiger partial charge in [-0.1, -0.05) is 0 Å². The third-order valence-electron chi connectivity index (χ3n) is 4.23. The number of nitrogens with zero attached hydrogens (tertiary/aromatic N) is 1. The number of sulfonamides is 1. The number of hydrogen-bond acceptors (Lipinski definition) is 4. The van der Waals surface area contributed by atoms with Gasteiger partial charge in [-0.05, 0) is 56.6 Å². The number of carbonyl (C=O) groups excluding carboxylic acids is 1. The summed E-state index contributed by atoms with van der Waals surface area (Å²) in [6.07, 6.45) is 2.38. The largest absolute Gasteiger partial charge is 0.326 e. The number of carbonyl (C=O) groups is 1. The molecule has 1 aromatic carbocycles. The molecule has 3 rings (SSSR count). The molecular formula is C15H21N3O3S. The maximum atomic E-state index is 12.2. The second-order valence-corrected chi connectivity index (χ2v) is 7.81. The minimum Gasteiger partial charge on any atom is -0.326 e. The molecule has 0 radical (unpaired) electrons. The molecule has 7 heteroatoms. The Morgan fingerprint density at radius 1 is 1.18 bits per heavy atom. The highest BCUT2D eigenvalue weighted by Crippen LogP contribution is 2.25. The fourth-order valence-electron chi connectivity index (χ4n) is 2.97. The van der Waals surface area contributed by atoms with Gasteiger partial charge in [-0.15, -0.1) is 0 Å². The van der Waals surface area contributed by atoms with E-state index in [1.165, 1.54) is 4.31 Å². The predicted molar refractivity (Wildman–Crippen MR) is 86.4 cm³/mol. The summed E-state index contributed by atoms with van der Waals surface area (Å²) in [4.78, 5) is 12.2. The molecule has 2 aliphatic rings. The van der Waals surface area contributed by atoms with Crippen LogP contribution < -0.4 is 14.9 Å². The number of piperidine rings is 1. The molecule has 120 valence electrons. The van der Waals surface area contributed by atoms with Gasteiger partial charge in [0.15, 0.2) is 0 Å². The second-order valence-electron chi connectivity index (χ2n) is 5.80. The van der Waals surface area contributed by atoms with Gasteiger partial charge in [-0.2, -0.15) is 0 Å². The summed E-state index contributed by atoms with van der Waals surface area (Å²) in [5.74, 6) is 0.309. The van der Waals surface area contributed by atoms with E-state index in [2.05, 4.69) is 10.6 Å². The van der Waals surface area contributed by atoms with Gasteiger partial charge in [0.25, 0.3) is 0 Å². The number of nitrogens with one attached hydrogen (secondary N) is 2. The third kappa shape index (κ3) is 3.25. The van der Waals surface area contributed by atoms with Crippen molar-refractivity contribution in [1.82, 2.24) is 5.32 Å². The summed E-state index contributed by atoms with van der Waals surface area (Å²) < 4.78 is 25.2. The lowest BCUT2D eigenvalue weighted by Gasteiger charge is -2.22. The van der Waals surface area contributed by atoms with Crippen LogP contribution in [0, 0.1) is 5.92 Å². The Hall–Kier alpha value is -1.60. The van der Waals surface area contributed by atoms with Crippen molar-refractivity contribution in [3.05, 3.63) is 24.3 Å². The molecule has 6 nitrogen and oxygen atoms in total. The molecule has 22 heavy (non-hydrogen) atoms. The molecule has 2 aliphatic heterocycles. The van der Waals surface area contributed by atoms with Gasteiger partial charge in [0.1, 0.15) is 0 Å². The quantitative estimate of drug-likeness (QED) is 0.875. The fourth-order valence-corrected chi connectivity index (χ4v) is 4.53. The summed E-state index contributed by atoms with van der Waals surface area (Å²) in [6, 6.07) is 7.03. The molecule has 2 saturated heterocycles. The molecule has 1 amide bonds. The average molecular weight is 323 g/mol. The van der Waals surface area contributed by atoms with E-state index in [-0.39, 0.29) is 17.6 Å². The molecule has 0 unspecified atom stereocenters. The Morgan fingerprint density at radius 2 is 1.86 bits per heavy atom. The van der Waals surface area contributed by atoms with Crippen LogP contribution in [0.3, 0.4) is 0 Å². The number of amides is 1. The Kier molecular flexibility index (Phi) is 4.35. The van der Waals surface area contributed by atoms with Gasteiger partial charge in [-0.3, -0.25) is 9.10 Å². The Bertz CT molecular complexity index is 637. The molecular weight excluding hydrogens is 302 g/mol. The molecule has 0 bridgehead atoms. The van der Waals surface area contributed by atoms with Crippen molar-refractivity contribution in [2.24, 2.45) is 5.92 Å². The molecule has 0 spiro atoms. The zero-order valence-electron chi connectivity index (χ0n) is 12.4. The van der Waals surface area contributed by atoms with Crippen molar-refractivity contribution in [2.45, 2.75) is 19.3 Å². The van der Waals surface area contributed by atoms with Crippen LogP contribution in [0.5, 0.6) is 0 Å². The number of rotatable bonds is 3. The Morgan fingerprint density at radius 3 is 2.45 bits per heavy atom. The van der Waals surface area contributed by atoms with Crippen molar-refractivity contribution in [1.29, 1.82) is 0 Å². The number of benzene rings is 1. The Labute approximate surface area is 130 Å². The monoisotopic (exact) mass is 323 g/mol. The Balaban J connectivity index is 1.65. The van der Waals surface area contributed by atoms with Crippen molar-refractivity contribution in [2.75, 3.05) is 35.0 Å². The van der Waals surface area contributed by atoms with Crippen molar-refractivity contribution in [3.63, 3.8) is 0 Å². The van der Waals surface area contributed by atoms with E-state index in [9.17, 15) is 13.2 Å². The lowest BCUT2D eigenvalue weighted by Crippen LogP contribution is -2.34. The van der Waals surface area contributed by atoms with Crippen LogP contribution in [0.1, 0.15) is 19.3 Å². The summed E-state index contributed by atoms with van der Waals surface area (Å²) in [7, 11) is -3.15. The van der Waals surface area contributed by atoms with E-state index in [4.69, 9.17) is 0 Å². The fraction of sp³-hybridized carbons (Fsp3) is 0.533. The van der Waals surface area contributed by atoms with Gasteiger partial charge in [0.05, 0.1) is 11.4 Å². The smallest absolute Gasteiger partial charge is 0.235 e. The minimum absolute atomic E-state index is 0.0445. The zero-order chi connectivity index (χ0) is 15.6. The van der Waals surface area contributed by atoms with Crippen molar-refractivity contribution >= 4 is 27.3 Å². The topological polar surface area (TPSA) is 78.5 Å². The summed E-state index contributed by atoms with van der Waals surface area (Å²) in [5.41, 5.74) is 1.38. The SMILES string of the molecule is O=C(Nc1ccc(N2CCCS2(=O)=O)cc1)C1CCNCC1.